The molecular weight excluding hydrogens is 264 g/mol. The van der Waals surface area contributed by atoms with Gasteiger partial charge in [0, 0.05) is 13.1 Å². The monoisotopic (exact) mass is 290 g/mol. The second-order valence-corrected chi connectivity index (χ2v) is 6.34. The van der Waals surface area contributed by atoms with Gasteiger partial charge in [-0.3, -0.25) is 4.79 Å². The van der Waals surface area contributed by atoms with Crippen molar-refractivity contribution in [3.8, 4) is 0 Å². The Morgan fingerprint density at radius 1 is 1.38 bits per heavy atom. The third kappa shape index (κ3) is 4.83. The van der Waals surface area contributed by atoms with Crippen molar-refractivity contribution in [2.75, 3.05) is 19.7 Å². The molecule has 1 aliphatic heterocycles. The van der Waals surface area contributed by atoms with Crippen LogP contribution in [0.4, 0.5) is 0 Å². The maximum Gasteiger partial charge on any atom is 0.242 e. The molecule has 1 atom stereocenters. The Hall–Kier alpha value is -1.39. The van der Waals surface area contributed by atoms with E-state index in [0.717, 1.165) is 19.3 Å². The van der Waals surface area contributed by atoms with Gasteiger partial charge in [-0.25, -0.2) is 0 Å². The number of hydrogen-bond donors (Lipinski definition) is 1. The highest BCUT2D eigenvalue weighted by molar-refractivity contribution is 5.85. The van der Waals surface area contributed by atoms with Crippen LogP contribution in [0.2, 0.25) is 0 Å². The number of carbonyl (C=O) groups is 1. The molecule has 1 amide bonds. The highest BCUT2D eigenvalue weighted by Crippen LogP contribution is 2.15. The standard InChI is InChI=1S/C17H26N2O2/c1-17(2,18)16(20)19-11-12-21-15(13-19)10-6-9-14-7-4-3-5-8-14/h3-5,7-8,15H,6,9-13,18H2,1-2H3/t15-/m1/s1. The summed E-state index contributed by atoms with van der Waals surface area (Å²) in [6, 6.07) is 10.5. The minimum absolute atomic E-state index is 0.0128. The number of nitrogens with zero attached hydrogens (tertiary/aromatic N) is 1. The second kappa shape index (κ2) is 7.05. The molecule has 0 bridgehead atoms. The molecule has 1 aliphatic rings. The number of hydrogen-bond acceptors (Lipinski definition) is 3. The van der Waals surface area contributed by atoms with Gasteiger partial charge in [0.1, 0.15) is 0 Å². The first-order valence-corrected chi connectivity index (χ1v) is 7.70. The second-order valence-electron chi connectivity index (χ2n) is 6.34. The summed E-state index contributed by atoms with van der Waals surface area (Å²) in [4.78, 5) is 14.0. The van der Waals surface area contributed by atoms with Crippen molar-refractivity contribution in [1.82, 2.24) is 4.90 Å². The van der Waals surface area contributed by atoms with Gasteiger partial charge in [-0.15, -0.1) is 0 Å². The molecule has 1 saturated heterocycles. The minimum Gasteiger partial charge on any atom is -0.375 e. The summed E-state index contributed by atoms with van der Waals surface area (Å²) in [6.45, 7) is 5.44. The summed E-state index contributed by atoms with van der Waals surface area (Å²) in [5, 5.41) is 0. The van der Waals surface area contributed by atoms with E-state index in [1.54, 1.807) is 13.8 Å². The van der Waals surface area contributed by atoms with Crippen molar-refractivity contribution in [3.63, 3.8) is 0 Å². The van der Waals surface area contributed by atoms with Crippen LogP contribution in [0.5, 0.6) is 0 Å². The van der Waals surface area contributed by atoms with Crippen molar-refractivity contribution in [1.29, 1.82) is 0 Å². The van der Waals surface area contributed by atoms with Crippen LogP contribution in [-0.4, -0.2) is 42.1 Å². The van der Waals surface area contributed by atoms with Gasteiger partial charge < -0.3 is 15.4 Å². The van der Waals surface area contributed by atoms with Crippen molar-refractivity contribution >= 4 is 5.91 Å². The predicted octanol–water partition coefficient (Wildman–Crippen LogP) is 1.97. The Kier molecular flexibility index (Phi) is 5.37. The van der Waals surface area contributed by atoms with Crippen molar-refractivity contribution in [2.45, 2.75) is 44.8 Å². The van der Waals surface area contributed by atoms with Gasteiger partial charge in [0.15, 0.2) is 0 Å². The molecule has 0 aromatic heterocycles. The Morgan fingerprint density at radius 2 is 2.10 bits per heavy atom. The van der Waals surface area contributed by atoms with Crippen LogP contribution in [0.15, 0.2) is 30.3 Å². The lowest BCUT2D eigenvalue weighted by Gasteiger charge is -2.36. The summed E-state index contributed by atoms with van der Waals surface area (Å²) < 4.78 is 5.77. The summed E-state index contributed by atoms with van der Waals surface area (Å²) in [6.07, 6.45) is 3.23. The lowest BCUT2D eigenvalue weighted by Crippen LogP contribution is -2.55. The third-order valence-corrected chi connectivity index (χ3v) is 3.81. The zero-order valence-corrected chi connectivity index (χ0v) is 13.0. The first kappa shape index (κ1) is 16.0. The molecule has 116 valence electrons. The van der Waals surface area contributed by atoms with E-state index in [-0.39, 0.29) is 12.0 Å². The Bertz CT molecular complexity index is 454. The van der Waals surface area contributed by atoms with Crippen LogP contribution in [0.1, 0.15) is 32.3 Å². The molecule has 0 spiro atoms. The maximum atomic E-state index is 12.2. The Morgan fingerprint density at radius 3 is 2.76 bits per heavy atom. The molecule has 0 unspecified atom stereocenters. The molecule has 4 nitrogen and oxygen atoms in total. The molecule has 21 heavy (non-hydrogen) atoms. The van der Waals surface area contributed by atoms with Crippen LogP contribution < -0.4 is 5.73 Å². The van der Waals surface area contributed by atoms with Gasteiger partial charge >= 0.3 is 0 Å². The molecule has 0 aliphatic carbocycles. The average Bonchev–Trinajstić information content (AvgIpc) is 2.47. The Labute approximate surface area is 127 Å². The molecule has 1 heterocycles. The topological polar surface area (TPSA) is 55.6 Å². The SMILES string of the molecule is CC(C)(N)C(=O)N1CCO[C@H](CCCc2ccccc2)C1. The van der Waals surface area contributed by atoms with Gasteiger partial charge in [-0.05, 0) is 38.7 Å². The van der Waals surface area contributed by atoms with Crippen LogP contribution >= 0.6 is 0 Å². The number of nitrogens with two attached hydrogens (primary N) is 1. The number of benzene rings is 1. The quantitative estimate of drug-likeness (QED) is 0.902. The van der Waals surface area contributed by atoms with E-state index in [4.69, 9.17) is 10.5 Å². The fourth-order valence-electron chi connectivity index (χ4n) is 2.66. The first-order chi connectivity index (χ1) is 9.97. The summed E-state index contributed by atoms with van der Waals surface area (Å²) >= 11 is 0. The lowest BCUT2D eigenvalue weighted by molar-refractivity contribution is -0.143. The molecular formula is C17H26N2O2. The minimum atomic E-state index is -0.800. The largest absolute Gasteiger partial charge is 0.375 e. The first-order valence-electron chi connectivity index (χ1n) is 7.70. The highest BCUT2D eigenvalue weighted by atomic mass is 16.5. The van der Waals surface area contributed by atoms with E-state index in [2.05, 4.69) is 24.3 Å². The molecule has 2 N–H and O–H groups in total. The zero-order chi connectivity index (χ0) is 15.3. The molecule has 1 fully saturated rings. The van der Waals surface area contributed by atoms with Crippen molar-refractivity contribution < 1.29 is 9.53 Å². The van der Waals surface area contributed by atoms with E-state index in [9.17, 15) is 4.79 Å². The van der Waals surface area contributed by atoms with E-state index < -0.39 is 5.54 Å². The predicted molar refractivity (Wildman–Crippen MR) is 84.0 cm³/mol. The molecule has 0 radical (unpaired) electrons. The van der Waals surface area contributed by atoms with Gasteiger partial charge in [0.05, 0.1) is 18.2 Å². The van der Waals surface area contributed by atoms with Crippen LogP contribution in [-0.2, 0) is 16.0 Å². The van der Waals surface area contributed by atoms with Crippen LogP contribution in [0.3, 0.4) is 0 Å². The zero-order valence-electron chi connectivity index (χ0n) is 13.0. The van der Waals surface area contributed by atoms with Gasteiger partial charge in [-0.1, -0.05) is 30.3 Å². The molecule has 1 aromatic rings. The van der Waals surface area contributed by atoms with E-state index >= 15 is 0 Å². The lowest BCUT2D eigenvalue weighted by atomic mass is 10.0. The smallest absolute Gasteiger partial charge is 0.242 e. The van der Waals surface area contributed by atoms with Gasteiger partial charge in [-0.2, -0.15) is 0 Å². The third-order valence-electron chi connectivity index (χ3n) is 3.81. The number of ether oxygens (including phenoxy) is 1. The summed E-state index contributed by atoms with van der Waals surface area (Å²) in [7, 11) is 0. The van der Waals surface area contributed by atoms with Crippen molar-refractivity contribution in [3.05, 3.63) is 35.9 Å². The van der Waals surface area contributed by atoms with Crippen molar-refractivity contribution in [2.24, 2.45) is 5.73 Å². The van der Waals surface area contributed by atoms with Gasteiger partial charge in [0.2, 0.25) is 5.91 Å². The van der Waals surface area contributed by atoms with Gasteiger partial charge in [0.25, 0.3) is 0 Å². The molecule has 2 rings (SSSR count). The Balaban J connectivity index is 1.78. The number of amides is 1. The number of rotatable bonds is 5. The maximum absolute atomic E-state index is 12.2. The van der Waals surface area contributed by atoms with E-state index in [1.807, 2.05) is 11.0 Å². The summed E-state index contributed by atoms with van der Waals surface area (Å²) in [5.74, 6) is 0.0128. The highest BCUT2D eigenvalue weighted by Gasteiger charge is 2.31. The number of carbonyl (C=O) groups excluding carboxylic acids is 1. The number of aryl methyl sites for hydroxylation is 1. The molecule has 4 heteroatoms. The van der Waals surface area contributed by atoms with E-state index in [1.165, 1.54) is 5.56 Å². The molecule has 1 aromatic carbocycles. The number of morpholine rings is 1. The molecule has 0 saturated carbocycles. The fourth-order valence-corrected chi connectivity index (χ4v) is 2.66. The fraction of sp³-hybridized carbons (Fsp3) is 0.588. The average molecular weight is 290 g/mol. The van der Waals surface area contributed by atoms with Crippen LogP contribution in [0, 0.1) is 0 Å². The summed E-state index contributed by atoms with van der Waals surface area (Å²) in [5.41, 5.74) is 6.45. The van der Waals surface area contributed by atoms with Crippen LogP contribution in [0.25, 0.3) is 0 Å². The van der Waals surface area contributed by atoms with E-state index in [0.29, 0.717) is 19.7 Å². The normalized spacial score (nSPS) is 19.6.